The van der Waals surface area contributed by atoms with Crippen molar-refractivity contribution in [1.82, 2.24) is 10.3 Å². The molecule has 2 N–H and O–H groups in total. The molecule has 27 heavy (non-hydrogen) atoms. The molecular formula is C21H21F3N2O. The van der Waals surface area contributed by atoms with Crippen molar-refractivity contribution in [1.29, 1.82) is 0 Å². The smallest absolute Gasteiger partial charge is 0.361 e. The molecule has 0 fully saturated rings. The van der Waals surface area contributed by atoms with Crippen molar-refractivity contribution in [2.75, 3.05) is 6.54 Å². The quantitative estimate of drug-likeness (QED) is 0.609. The second-order valence-corrected chi connectivity index (χ2v) is 6.51. The van der Waals surface area contributed by atoms with E-state index in [2.05, 4.69) is 16.4 Å². The molecule has 3 nitrogen and oxygen atoms in total. The van der Waals surface area contributed by atoms with Gasteiger partial charge in [0, 0.05) is 30.1 Å². The van der Waals surface area contributed by atoms with Gasteiger partial charge in [0.15, 0.2) is 0 Å². The lowest BCUT2D eigenvalue weighted by molar-refractivity contribution is -0.137. The molecule has 2 aromatic carbocycles. The number of fused-ring (bicyclic) bond motifs is 1. The largest absolute Gasteiger partial charge is 0.416 e. The van der Waals surface area contributed by atoms with Crippen molar-refractivity contribution >= 4 is 16.8 Å². The highest BCUT2D eigenvalue weighted by molar-refractivity contribution is 5.83. The minimum atomic E-state index is -4.32. The summed E-state index contributed by atoms with van der Waals surface area (Å²) in [5.74, 6) is -0.0400. The summed E-state index contributed by atoms with van der Waals surface area (Å²) in [6.45, 7) is 0.414. The van der Waals surface area contributed by atoms with Crippen molar-refractivity contribution in [2.45, 2.75) is 31.9 Å². The molecule has 3 aromatic rings. The number of alkyl halides is 3. The average Bonchev–Trinajstić information content (AvgIpc) is 3.05. The lowest BCUT2D eigenvalue weighted by atomic mass is 10.1. The number of H-pyrrole nitrogens is 1. The molecule has 0 aliphatic rings. The van der Waals surface area contributed by atoms with Crippen LogP contribution in [0.4, 0.5) is 13.2 Å². The summed E-state index contributed by atoms with van der Waals surface area (Å²) >= 11 is 0. The Morgan fingerprint density at radius 3 is 2.48 bits per heavy atom. The normalized spacial score (nSPS) is 11.7. The van der Waals surface area contributed by atoms with Gasteiger partial charge in [-0.1, -0.05) is 30.3 Å². The fraction of sp³-hybridized carbons (Fsp3) is 0.286. The van der Waals surface area contributed by atoms with Gasteiger partial charge in [-0.3, -0.25) is 4.79 Å². The van der Waals surface area contributed by atoms with E-state index in [0.717, 1.165) is 36.1 Å². The molecule has 0 atom stereocenters. The summed E-state index contributed by atoms with van der Waals surface area (Å²) in [6, 6.07) is 13.1. The molecule has 0 bridgehead atoms. The highest BCUT2D eigenvalue weighted by Gasteiger charge is 2.29. The van der Waals surface area contributed by atoms with Gasteiger partial charge >= 0.3 is 6.18 Å². The summed E-state index contributed by atoms with van der Waals surface area (Å²) in [7, 11) is 0. The number of aryl methyl sites for hydroxylation is 1. The summed E-state index contributed by atoms with van der Waals surface area (Å²) in [4.78, 5) is 15.2. The number of rotatable bonds is 7. The molecule has 0 aliphatic heterocycles. The van der Waals surface area contributed by atoms with E-state index in [1.54, 1.807) is 0 Å². The predicted octanol–water partition coefficient (Wildman–Crippen LogP) is 4.87. The number of nitrogens with one attached hydrogen (secondary N) is 2. The first kappa shape index (κ1) is 19.0. The second-order valence-electron chi connectivity index (χ2n) is 6.51. The Morgan fingerprint density at radius 2 is 1.74 bits per heavy atom. The summed E-state index contributed by atoms with van der Waals surface area (Å²) < 4.78 is 37.6. The van der Waals surface area contributed by atoms with E-state index >= 15 is 0 Å². The highest BCUT2D eigenvalue weighted by Crippen LogP contribution is 2.29. The minimum Gasteiger partial charge on any atom is -0.361 e. The highest BCUT2D eigenvalue weighted by atomic mass is 19.4. The van der Waals surface area contributed by atoms with Gasteiger partial charge in [0.05, 0.1) is 5.56 Å². The monoisotopic (exact) mass is 374 g/mol. The molecule has 1 amide bonds. The maximum atomic E-state index is 12.5. The van der Waals surface area contributed by atoms with E-state index in [9.17, 15) is 18.0 Å². The number of carbonyl (C=O) groups is 1. The molecule has 0 unspecified atom stereocenters. The predicted molar refractivity (Wildman–Crippen MR) is 99.4 cm³/mol. The Bertz CT molecular complexity index is 898. The molecular weight excluding hydrogens is 353 g/mol. The number of aromatic amines is 1. The van der Waals surface area contributed by atoms with E-state index in [0.29, 0.717) is 19.4 Å². The number of halogens is 3. The fourth-order valence-electron chi connectivity index (χ4n) is 3.07. The van der Waals surface area contributed by atoms with Crippen molar-refractivity contribution < 1.29 is 18.0 Å². The zero-order valence-electron chi connectivity index (χ0n) is 14.8. The number of amides is 1. The van der Waals surface area contributed by atoms with Gasteiger partial charge in [-0.2, -0.15) is 13.2 Å². The lowest BCUT2D eigenvalue weighted by Gasteiger charge is -2.08. The van der Waals surface area contributed by atoms with Crippen LogP contribution in [0, 0.1) is 0 Å². The van der Waals surface area contributed by atoms with E-state index < -0.39 is 11.7 Å². The first-order valence-electron chi connectivity index (χ1n) is 8.91. The van der Waals surface area contributed by atoms with Crippen molar-refractivity contribution in [3.63, 3.8) is 0 Å². The maximum absolute atomic E-state index is 12.5. The van der Waals surface area contributed by atoms with Crippen LogP contribution in [0.15, 0.2) is 54.7 Å². The van der Waals surface area contributed by atoms with Crippen molar-refractivity contribution in [3.8, 4) is 0 Å². The van der Waals surface area contributed by atoms with Gasteiger partial charge < -0.3 is 10.3 Å². The molecule has 6 heteroatoms. The Labute approximate surface area is 155 Å². The Morgan fingerprint density at radius 1 is 1.00 bits per heavy atom. The molecule has 0 spiro atoms. The third-order valence-electron chi connectivity index (χ3n) is 4.54. The van der Waals surface area contributed by atoms with Crippen LogP contribution < -0.4 is 5.32 Å². The molecule has 0 saturated carbocycles. The average molecular weight is 374 g/mol. The van der Waals surface area contributed by atoms with E-state index in [-0.39, 0.29) is 5.91 Å². The van der Waals surface area contributed by atoms with E-state index in [1.807, 2.05) is 24.4 Å². The van der Waals surface area contributed by atoms with Gasteiger partial charge in [-0.05, 0) is 48.6 Å². The number of hydrogen-bond acceptors (Lipinski definition) is 1. The summed E-state index contributed by atoms with van der Waals surface area (Å²) in [6.07, 6.45) is 0.147. The number of para-hydroxylation sites is 1. The molecule has 3 rings (SSSR count). The third kappa shape index (κ3) is 5.12. The van der Waals surface area contributed by atoms with Crippen LogP contribution in [0.2, 0.25) is 0 Å². The summed E-state index contributed by atoms with van der Waals surface area (Å²) in [5.41, 5.74) is 2.39. The van der Waals surface area contributed by atoms with Crippen LogP contribution >= 0.6 is 0 Å². The number of hydrogen-bond donors (Lipinski definition) is 2. The van der Waals surface area contributed by atoms with Crippen LogP contribution in [0.25, 0.3) is 10.9 Å². The van der Waals surface area contributed by atoms with Crippen LogP contribution in [-0.4, -0.2) is 17.4 Å². The Balaban J connectivity index is 1.38. The standard InChI is InChI=1S/C21H21F3N2O/c22-21(23,24)17-10-8-15(9-11-17)12-13-25-20(27)7-3-4-16-14-26-19-6-2-1-5-18(16)19/h1-2,5-6,8-11,14,26H,3-4,7,12-13H2,(H,25,27). The van der Waals surface area contributed by atoms with Gasteiger partial charge in [-0.25, -0.2) is 0 Å². The first-order valence-corrected chi connectivity index (χ1v) is 8.91. The fourth-order valence-corrected chi connectivity index (χ4v) is 3.07. The zero-order valence-corrected chi connectivity index (χ0v) is 14.8. The van der Waals surface area contributed by atoms with E-state index in [4.69, 9.17) is 0 Å². The zero-order chi connectivity index (χ0) is 19.3. The number of benzene rings is 2. The van der Waals surface area contributed by atoms with Gasteiger partial charge in [0.2, 0.25) is 5.91 Å². The van der Waals surface area contributed by atoms with Gasteiger partial charge in [-0.15, -0.1) is 0 Å². The molecule has 1 aromatic heterocycles. The van der Waals surface area contributed by atoms with Crippen LogP contribution in [0.3, 0.4) is 0 Å². The van der Waals surface area contributed by atoms with Gasteiger partial charge in [0.25, 0.3) is 0 Å². The molecule has 1 heterocycles. The SMILES string of the molecule is O=C(CCCc1c[nH]c2ccccc12)NCCc1ccc(C(F)(F)F)cc1. The maximum Gasteiger partial charge on any atom is 0.416 e. The molecule has 0 aliphatic carbocycles. The number of carbonyl (C=O) groups excluding carboxylic acids is 1. The van der Waals surface area contributed by atoms with Gasteiger partial charge in [0.1, 0.15) is 0 Å². The molecule has 0 saturated heterocycles. The number of aromatic nitrogens is 1. The lowest BCUT2D eigenvalue weighted by Crippen LogP contribution is -2.25. The van der Waals surface area contributed by atoms with Crippen LogP contribution in [0.5, 0.6) is 0 Å². The topological polar surface area (TPSA) is 44.9 Å². The molecule has 142 valence electrons. The van der Waals surface area contributed by atoms with Crippen molar-refractivity contribution in [2.24, 2.45) is 0 Å². The second kappa shape index (κ2) is 8.29. The van der Waals surface area contributed by atoms with Crippen LogP contribution in [0.1, 0.15) is 29.5 Å². The first-order chi connectivity index (χ1) is 12.9. The third-order valence-corrected chi connectivity index (χ3v) is 4.54. The molecule has 0 radical (unpaired) electrons. The van der Waals surface area contributed by atoms with Crippen LogP contribution in [-0.2, 0) is 23.8 Å². The Hall–Kier alpha value is -2.76. The Kier molecular flexibility index (Phi) is 5.84. The van der Waals surface area contributed by atoms with Crippen molar-refractivity contribution in [3.05, 3.63) is 71.4 Å². The van der Waals surface area contributed by atoms with E-state index in [1.165, 1.54) is 23.1 Å². The minimum absolute atomic E-state index is 0.0400. The summed E-state index contributed by atoms with van der Waals surface area (Å²) in [5, 5.41) is 4.01.